The maximum Gasteiger partial charge on any atom is 0.306 e. The van der Waals surface area contributed by atoms with Gasteiger partial charge in [0.15, 0.2) is 12.4 Å². The molecule has 550 valence electrons. The number of aliphatic carboxylic acids is 1. The highest BCUT2D eigenvalue weighted by molar-refractivity contribution is 5.70. The van der Waals surface area contributed by atoms with Crippen LogP contribution in [0.15, 0.2) is 97.2 Å². The summed E-state index contributed by atoms with van der Waals surface area (Å²) in [6, 6.07) is 0. The van der Waals surface area contributed by atoms with Crippen LogP contribution >= 0.6 is 0 Å². The molecule has 0 amide bonds. The fourth-order valence-electron chi connectivity index (χ4n) is 11.7. The Bertz CT molecular complexity index is 1890. The van der Waals surface area contributed by atoms with Crippen LogP contribution in [0.5, 0.6) is 0 Å². The number of carbonyl (C=O) groups excluding carboxylic acids is 3. The fraction of sp³-hybridized carbons (Fsp3) is 0.779. The molecular weight excluding hydrogens is 1170 g/mol. The van der Waals surface area contributed by atoms with Crippen molar-refractivity contribution in [3.63, 3.8) is 0 Å². The lowest BCUT2D eigenvalue weighted by molar-refractivity contribution is -0.870. The molecule has 0 heterocycles. The van der Waals surface area contributed by atoms with Gasteiger partial charge in [-0.3, -0.25) is 9.59 Å². The maximum atomic E-state index is 13.0. The molecule has 0 spiro atoms. The Labute approximate surface area is 588 Å². The molecule has 9 heteroatoms. The number of carboxylic acids is 1. The summed E-state index contributed by atoms with van der Waals surface area (Å²) in [4.78, 5) is 37.6. The van der Waals surface area contributed by atoms with Crippen molar-refractivity contribution in [3.05, 3.63) is 97.2 Å². The van der Waals surface area contributed by atoms with Gasteiger partial charge in [0.05, 0.1) is 40.3 Å². The van der Waals surface area contributed by atoms with Gasteiger partial charge in [0.25, 0.3) is 0 Å². The number of quaternary nitrogens is 1. The third-order valence-electron chi connectivity index (χ3n) is 17.8. The zero-order chi connectivity index (χ0) is 69.0. The van der Waals surface area contributed by atoms with E-state index in [0.717, 1.165) is 83.5 Å². The minimum Gasteiger partial charge on any atom is -0.545 e. The summed E-state index contributed by atoms with van der Waals surface area (Å²) in [5.74, 6) is -2.26. The van der Waals surface area contributed by atoms with E-state index >= 15 is 0 Å². The van der Waals surface area contributed by atoms with Gasteiger partial charge in [-0.05, 0) is 77.0 Å². The molecule has 0 aromatic carbocycles. The van der Waals surface area contributed by atoms with Crippen molar-refractivity contribution in [1.29, 1.82) is 0 Å². The van der Waals surface area contributed by atoms with Crippen molar-refractivity contribution in [3.8, 4) is 0 Å². The summed E-state index contributed by atoms with van der Waals surface area (Å²) in [6.45, 7) is 4.69. The van der Waals surface area contributed by atoms with E-state index in [4.69, 9.17) is 18.9 Å². The highest BCUT2D eigenvalue weighted by atomic mass is 16.7. The van der Waals surface area contributed by atoms with E-state index in [1.807, 2.05) is 21.1 Å². The van der Waals surface area contributed by atoms with Crippen LogP contribution in [-0.4, -0.2) is 82.3 Å². The number of likely N-dealkylation sites (N-methyl/N-ethyl adjacent to an activating group) is 1. The van der Waals surface area contributed by atoms with E-state index in [2.05, 4.69) is 111 Å². The number of carbonyl (C=O) groups is 3. The summed E-state index contributed by atoms with van der Waals surface area (Å²) in [7, 11) is 5.95. The molecule has 0 aromatic rings. The lowest BCUT2D eigenvalue weighted by Crippen LogP contribution is -2.44. The molecule has 0 N–H and O–H groups in total. The first-order valence-electron chi connectivity index (χ1n) is 40.4. The van der Waals surface area contributed by atoms with Gasteiger partial charge < -0.3 is 33.3 Å². The van der Waals surface area contributed by atoms with E-state index in [-0.39, 0.29) is 32.2 Å². The van der Waals surface area contributed by atoms with Gasteiger partial charge >= 0.3 is 11.9 Å². The average molecular weight is 1330 g/mol. The molecule has 95 heavy (non-hydrogen) atoms. The Hall–Kier alpha value is -3.79. The quantitative estimate of drug-likeness (QED) is 0.0195. The molecule has 0 saturated heterocycles. The smallest absolute Gasteiger partial charge is 0.306 e. The number of esters is 2. The molecule has 0 radical (unpaired) electrons. The van der Waals surface area contributed by atoms with Crippen molar-refractivity contribution in [1.82, 2.24) is 0 Å². The molecule has 9 nitrogen and oxygen atoms in total. The predicted molar refractivity (Wildman–Crippen MR) is 407 cm³/mol. The van der Waals surface area contributed by atoms with Crippen LogP contribution in [0.4, 0.5) is 0 Å². The minimum absolute atomic E-state index is 0.148. The van der Waals surface area contributed by atoms with Crippen molar-refractivity contribution in [2.45, 2.75) is 386 Å². The summed E-state index contributed by atoms with van der Waals surface area (Å²) in [5.41, 5.74) is 0. The van der Waals surface area contributed by atoms with Gasteiger partial charge in [0.2, 0.25) is 0 Å². The minimum atomic E-state index is -1.62. The zero-order valence-corrected chi connectivity index (χ0v) is 63.0. The highest BCUT2D eigenvalue weighted by Gasteiger charge is 2.22. The number of unbranched alkanes of at least 4 members (excludes halogenated alkanes) is 44. The largest absolute Gasteiger partial charge is 0.545 e. The molecule has 0 aromatic heterocycles. The number of allylic oxidation sites excluding steroid dienone is 16. The summed E-state index contributed by atoms with van der Waals surface area (Å²) < 4.78 is 22.9. The normalized spacial score (nSPS) is 13.1. The molecule has 0 aliphatic heterocycles. The van der Waals surface area contributed by atoms with Crippen LogP contribution in [-0.2, 0) is 33.3 Å². The van der Waals surface area contributed by atoms with Crippen LogP contribution in [0.1, 0.15) is 373 Å². The van der Waals surface area contributed by atoms with Gasteiger partial charge in [-0.2, -0.15) is 0 Å². The number of nitrogens with zero attached hydrogens (tertiary/aromatic N) is 1. The number of hydrogen-bond acceptors (Lipinski definition) is 8. The first kappa shape index (κ1) is 91.2. The second-order valence-corrected chi connectivity index (χ2v) is 28.3. The summed E-state index contributed by atoms with van der Waals surface area (Å²) in [6.07, 6.45) is 102. The van der Waals surface area contributed by atoms with Crippen LogP contribution in [0.2, 0.25) is 0 Å². The third-order valence-corrected chi connectivity index (χ3v) is 17.8. The van der Waals surface area contributed by atoms with Gasteiger partial charge in [-0.25, -0.2) is 0 Å². The molecule has 0 saturated carbocycles. The maximum absolute atomic E-state index is 13.0. The number of carboxylic acid groups (broad SMARTS) is 1. The lowest BCUT2D eigenvalue weighted by atomic mass is 10.0. The van der Waals surface area contributed by atoms with Gasteiger partial charge in [0, 0.05) is 12.8 Å². The molecule has 0 aliphatic carbocycles. The lowest BCUT2D eigenvalue weighted by Gasteiger charge is -2.26. The van der Waals surface area contributed by atoms with E-state index in [1.165, 1.54) is 257 Å². The Morgan fingerprint density at radius 1 is 0.326 bits per heavy atom. The molecule has 2 unspecified atom stereocenters. The molecular formula is C86H153NO8. The fourth-order valence-corrected chi connectivity index (χ4v) is 11.7. The number of rotatable bonds is 75. The first-order chi connectivity index (χ1) is 46.6. The monoisotopic (exact) mass is 1330 g/mol. The van der Waals surface area contributed by atoms with Crippen molar-refractivity contribution in [2.75, 3.05) is 47.5 Å². The second kappa shape index (κ2) is 76.0. The Kier molecular flexibility index (Phi) is 72.9. The molecule has 0 bridgehead atoms. The Balaban J connectivity index is 4.01. The number of ether oxygens (including phenoxy) is 4. The standard InChI is InChI=1S/C86H153NO8/c1-6-8-10-12-14-16-18-20-22-24-26-28-30-32-34-36-37-38-39-40-41-42-43-44-45-46-47-49-51-53-55-57-59-61-63-65-67-69-71-73-75-77-84(89)95-82(81-94-86(85(90)91)92-79-78-87(3,4)5)80-93-83(88)76-74-72-70-68-66-64-62-60-58-56-54-52-50-48-35-33-31-29-27-25-23-21-19-17-15-13-11-9-7-2/h8,10,14,16,20,22,26,28,32,34,37-38,40-41,43-44,82,86H,6-7,9,11-13,15,17-19,21,23-25,27,29-31,33,35-36,39,42,45-81H2,1-5H3/b10-8-,16-14-,22-20-,28-26-,34-32-,38-37-,41-40-,44-43-. The van der Waals surface area contributed by atoms with Crippen LogP contribution in [0.3, 0.4) is 0 Å². The Morgan fingerprint density at radius 2 is 0.600 bits per heavy atom. The average Bonchev–Trinajstić information content (AvgIpc) is 3.54. The number of hydrogen-bond donors (Lipinski definition) is 0. The van der Waals surface area contributed by atoms with E-state index in [0.29, 0.717) is 23.9 Å². The molecule has 0 rings (SSSR count). The van der Waals surface area contributed by atoms with Crippen LogP contribution < -0.4 is 5.11 Å². The van der Waals surface area contributed by atoms with Gasteiger partial charge in [-0.15, -0.1) is 0 Å². The predicted octanol–water partition coefficient (Wildman–Crippen LogP) is 24.6. The van der Waals surface area contributed by atoms with Crippen LogP contribution in [0, 0.1) is 0 Å². The van der Waals surface area contributed by atoms with Crippen molar-refractivity contribution in [2.24, 2.45) is 0 Å². The molecule has 2 atom stereocenters. The van der Waals surface area contributed by atoms with E-state index < -0.39 is 24.3 Å². The molecule has 0 aliphatic rings. The van der Waals surface area contributed by atoms with Crippen molar-refractivity contribution >= 4 is 17.9 Å². The van der Waals surface area contributed by atoms with Crippen LogP contribution in [0.25, 0.3) is 0 Å². The van der Waals surface area contributed by atoms with Gasteiger partial charge in [0.1, 0.15) is 13.2 Å². The molecule has 0 fully saturated rings. The van der Waals surface area contributed by atoms with E-state index in [1.54, 1.807) is 0 Å². The van der Waals surface area contributed by atoms with E-state index in [9.17, 15) is 19.5 Å². The second-order valence-electron chi connectivity index (χ2n) is 28.3. The Morgan fingerprint density at radius 3 is 0.895 bits per heavy atom. The summed E-state index contributed by atoms with van der Waals surface area (Å²) in [5, 5.41) is 11.9. The topological polar surface area (TPSA) is 111 Å². The first-order valence-corrected chi connectivity index (χ1v) is 40.4. The highest BCUT2D eigenvalue weighted by Crippen LogP contribution is 2.19. The van der Waals surface area contributed by atoms with Crippen molar-refractivity contribution < 1.29 is 42.9 Å². The zero-order valence-electron chi connectivity index (χ0n) is 63.0. The SMILES string of the molecule is CC/C=C\C/C=C\C/C=C\C/C=C\C/C=C\C/C=C\C/C=C\C/C=C\CCCCCCCCCCCCCCCCCCC(=O)OC(COC(=O)CCCCCCCCCCCCCCCCCCCCCCCCCCCCCCC)COC(OCC[N+](C)(C)C)C(=O)[O-]. The summed E-state index contributed by atoms with van der Waals surface area (Å²) >= 11 is 0. The van der Waals surface area contributed by atoms with Gasteiger partial charge in [-0.1, -0.05) is 381 Å². The third kappa shape index (κ3) is 77.4.